The van der Waals surface area contributed by atoms with Crippen molar-refractivity contribution in [3.63, 3.8) is 0 Å². The molecule has 5 rings (SSSR count). The highest BCUT2D eigenvalue weighted by molar-refractivity contribution is 6.01. The van der Waals surface area contributed by atoms with Gasteiger partial charge in [-0.15, -0.1) is 0 Å². The quantitative estimate of drug-likeness (QED) is 0.372. The molecule has 7 heteroatoms. The molecule has 37 heavy (non-hydrogen) atoms. The second-order valence-electron chi connectivity index (χ2n) is 10.1. The first-order valence-corrected chi connectivity index (χ1v) is 12.5. The van der Waals surface area contributed by atoms with Crippen LogP contribution in [0.1, 0.15) is 55.3 Å². The molecule has 3 aromatic rings. The molecule has 0 saturated heterocycles. The number of carbonyl (C=O) groups excluding carboxylic acids is 1. The summed E-state index contributed by atoms with van der Waals surface area (Å²) in [5.41, 5.74) is 3.93. The Balaban J connectivity index is 1.48. The molecule has 0 radical (unpaired) electrons. The minimum absolute atomic E-state index is 0.0172. The number of ketones is 1. The van der Waals surface area contributed by atoms with Crippen molar-refractivity contribution in [2.45, 2.75) is 44.8 Å². The largest absolute Gasteiger partial charge is 0.493 e. The van der Waals surface area contributed by atoms with Crippen LogP contribution in [0.2, 0.25) is 0 Å². The fourth-order valence-corrected chi connectivity index (χ4v) is 4.94. The van der Waals surface area contributed by atoms with Gasteiger partial charge in [-0.1, -0.05) is 50.2 Å². The molecule has 1 heterocycles. The molecule has 1 aliphatic heterocycles. The standard InChI is InChI=1S/C30H29F3N2O2/c1-18(2)17-37-23-13-9-19(10-14-23)21-15-26-28(27(36)16-21)29(35-25-6-4-3-5-24(25)34-26)20-7-11-22(12-8-20)30(31,32)33/h3-14,18,21,29,34-35H,15-17H2,1-2H3. The van der Waals surface area contributed by atoms with E-state index in [4.69, 9.17) is 4.74 Å². The van der Waals surface area contributed by atoms with E-state index in [1.807, 2.05) is 48.5 Å². The van der Waals surface area contributed by atoms with Crippen molar-refractivity contribution in [1.29, 1.82) is 0 Å². The number of Topliss-reactive ketones (excluding diaryl/α,β-unsaturated/α-hetero) is 1. The van der Waals surface area contributed by atoms with E-state index in [9.17, 15) is 18.0 Å². The summed E-state index contributed by atoms with van der Waals surface area (Å²) in [6.45, 7) is 4.83. The van der Waals surface area contributed by atoms with E-state index in [0.717, 1.165) is 40.5 Å². The van der Waals surface area contributed by atoms with Crippen LogP contribution in [-0.4, -0.2) is 12.4 Å². The van der Waals surface area contributed by atoms with Gasteiger partial charge in [0.25, 0.3) is 0 Å². The van der Waals surface area contributed by atoms with Gasteiger partial charge in [0, 0.05) is 17.7 Å². The number of carbonyl (C=O) groups is 1. The summed E-state index contributed by atoms with van der Waals surface area (Å²) in [6.07, 6.45) is -3.49. The maximum atomic E-state index is 13.6. The molecule has 2 atom stereocenters. The number of nitrogens with one attached hydrogen (secondary N) is 2. The number of para-hydroxylation sites is 2. The highest BCUT2D eigenvalue weighted by atomic mass is 19.4. The Hall–Kier alpha value is -3.74. The molecule has 1 aliphatic carbocycles. The highest BCUT2D eigenvalue weighted by Crippen LogP contribution is 2.44. The first-order chi connectivity index (χ1) is 17.7. The zero-order chi connectivity index (χ0) is 26.2. The van der Waals surface area contributed by atoms with Gasteiger partial charge in [0.05, 0.1) is 29.6 Å². The van der Waals surface area contributed by atoms with Crippen LogP contribution in [0.3, 0.4) is 0 Å². The number of allylic oxidation sites excluding steroid dienone is 1. The van der Waals surface area contributed by atoms with E-state index in [1.54, 1.807) is 0 Å². The smallest absolute Gasteiger partial charge is 0.416 e. The van der Waals surface area contributed by atoms with E-state index in [0.29, 0.717) is 36.5 Å². The average Bonchev–Trinajstić information content (AvgIpc) is 3.04. The maximum Gasteiger partial charge on any atom is 0.416 e. The lowest BCUT2D eigenvalue weighted by molar-refractivity contribution is -0.137. The molecule has 3 aromatic carbocycles. The molecule has 2 N–H and O–H groups in total. The molecular weight excluding hydrogens is 477 g/mol. The molecule has 0 fully saturated rings. The van der Waals surface area contributed by atoms with Crippen LogP contribution in [0.15, 0.2) is 84.1 Å². The van der Waals surface area contributed by atoms with E-state index >= 15 is 0 Å². The number of alkyl halides is 3. The molecule has 0 spiro atoms. The summed E-state index contributed by atoms with van der Waals surface area (Å²) in [6, 6.07) is 20.0. The monoisotopic (exact) mass is 506 g/mol. The second-order valence-corrected chi connectivity index (χ2v) is 10.1. The summed E-state index contributed by atoms with van der Waals surface area (Å²) in [5.74, 6) is 1.18. The zero-order valence-electron chi connectivity index (χ0n) is 20.7. The van der Waals surface area contributed by atoms with Gasteiger partial charge in [0.2, 0.25) is 0 Å². The Morgan fingerprint density at radius 3 is 2.19 bits per heavy atom. The number of hydrogen-bond acceptors (Lipinski definition) is 4. The van der Waals surface area contributed by atoms with Crippen molar-refractivity contribution in [2.24, 2.45) is 5.92 Å². The number of anilines is 2. The SMILES string of the molecule is CC(C)COc1ccc(C2CC(=O)C3=C(C2)Nc2ccccc2NC3c2ccc(C(F)(F)F)cc2)cc1. The van der Waals surface area contributed by atoms with E-state index in [2.05, 4.69) is 24.5 Å². The van der Waals surface area contributed by atoms with E-state index in [-0.39, 0.29) is 11.7 Å². The molecule has 0 saturated carbocycles. The molecular formula is C30H29F3N2O2. The number of benzene rings is 3. The van der Waals surface area contributed by atoms with Gasteiger partial charge in [-0.2, -0.15) is 13.2 Å². The lowest BCUT2D eigenvalue weighted by atomic mass is 9.78. The fourth-order valence-electron chi connectivity index (χ4n) is 4.94. The maximum absolute atomic E-state index is 13.6. The highest BCUT2D eigenvalue weighted by Gasteiger charge is 2.37. The zero-order valence-corrected chi connectivity index (χ0v) is 20.7. The first kappa shape index (κ1) is 24.9. The van der Waals surface area contributed by atoms with Crippen LogP contribution in [-0.2, 0) is 11.0 Å². The molecule has 4 nitrogen and oxygen atoms in total. The molecule has 0 bridgehead atoms. The Kier molecular flexibility index (Phi) is 6.71. The molecule has 0 aromatic heterocycles. The number of fused-ring (bicyclic) bond motifs is 1. The van der Waals surface area contributed by atoms with E-state index < -0.39 is 17.8 Å². The van der Waals surface area contributed by atoms with Crippen LogP contribution in [0.4, 0.5) is 24.5 Å². The Morgan fingerprint density at radius 1 is 0.892 bits per heavy atom. The van der Waals surface area contributed by atoms with Gasteiger partial charge >= 0.3 is 6.18 Å². The fraction of sp³-hybridized carbons (Fsp3) is 0.300. The van der Waals surface area contributed by atoms with Gasteiger partial charge < -0.3 is 15.4 Å². The van der Waals surface area contributed by atoms with Crippen molar-refractivity contribution >= 4 is 17.2 Å². The average molecular weight is 507 g/mol. The van der Waals surface area contributed by atoms with E-state index in [1.165, 1.54) is 12.1 Å². The summed E-state index contributed by atoms with van der Waals surface area (Å²) in [7, 11) is 0. The van der Waals surface area contributed by atoms with Crippen molar-refractivity contribution in [2.75, 3.05) is 17.2 Å². The van der Waals surface area contributed by atoms with Crippen LogP contribution >= 0.6 is 0 Å². The summed E-state index contributed by atoms with van der Waals surface area (Å²) < 4.78 is 45.3. The Bertz CT molecular complexity index is 1310. The second kappa shape index (κ2) is 9.96. The molecule has 192 valence electrons. The first-order valence-electron chi connectivity index (χ1n) is 12.5. The lowest BCUT2D eigenvalue weighted by Gasteiger charge is -2.30. The Labute approximate surface area is 214 Å². The summed E-state index contributed by atoms with van der Waals surface area (Å²) in [4.78, 5) is 13.6. The Morgan fingerprint density at radius 2 is 1.54 bits per heavy atom. The predicted molar refractivity (Wildman–Crippen MR) is 139 cm³/mol. The van der Waals surface area contributed by atoms with Crippen LogP contribution in [0.5, 0.6) is 5.75 Å². The van der Waals surface area contributed by atoms with Crippen molar-refractivity contribution in [3.8, 4) is 5.75 Å². The third kappa shape index (κ3) is 5.36. The topological polar surface area (TPSA) is 50.4 Å². The van der Waals surface area contributed by atoms with Gasteiger partial charge in [-0.25, -0.2) is 0 Å². The van der Waals surface area contributed by atoms with Crippen molar-refractivity contribution in [1.82, 2.24) is 0 Å². The number of hydrogen-bond donors (Lipinski definition) is 2. The third-order valence-electron chi connectivity index (χ3n) is 6.82. The van der Waals surface area contributed by atoms with Gasteiger partial charge in [0.1, 0.15) is 5.75 Å². The minimum atomic E-state index is -4.42. The van der Waals surface area contributed by atoms with Gasteiger partial charge in [-0.3, -0.25) is 4.79 Å². The van der Waals surface area contributed by atoms with Crippen LogP contribution in [0, 0.1) is 5.92 Å². The minimum Gasteiger partial charge on any atom is -0.493 e. The van der Waals surface area contributed by atoms with Crippen LogP contribution < -0.4 is 15.4 Å². The number of rotatable bonds is 5. The van der Waals surface area contributed by atoms with Crippen LogP contribution in [0.25, 0.3) is 0 Å². The third-order valence-corrected chi connectivity index (χ3v) is 6.82. The molecule has 0 amide bonds. The van der Waals surface area contributed by atoms with Crippen molar-refractivity contribution < 1.29 is 22.7 Å². The predicted octanol–water partition coefficient (Wildman–Crippen LogP) is 7.72. The van der Waals surface area contributed by atoms with Crippen molar-refractivity contribution in [3.05, 3.63) is 101 Å². The number of ether oxygens (including phenoxy) is 1. The van der Waals surface area contributed by atoms with Gasteiger partial charge in [0.15, 0.2) is 5.78 Å². The van der Waals surface area contributed by atoms with Gasteiger partial charge in [-0.05, 0) is 65.8 Å². The summed E-state index contributed by atoms with van der Waals surface area (Å²) in [5, 5.41) is 6.87. The summed E-state index contributed by atoms with van der Waals surface area (Å²) >= 11 is 0. The number of halogens is 3. The molecule has 2 aliphatic rings. The normalized spacial score (nSPS) is 19.5. The lowest BCUT2D eigenvalue weighted by Crippen LogP contribution is -2.27. The molecule has 2 unspecified atom stereocenters.